The van der Waals surface area contributed by atoms with Gasteiger partial charge < -0.3 is 4.74 Å². The zero-order valence-electron chi connectivity index (χ0n) is 11.6. The highest BCUT2D eigenvalue weighted by atomic mass is 16.6. The van der Waals surface area contributed by atoms with Gasteiger partial charge in [-0.05, 0) is 43.7 Å². The first-order valence-electron chi connectivity index (χ1n) is 7.04. The smallest absolute Gasteiger partial charge is 0.311 e. The summed E-state index contributed by atoms with van der Waals surface area (Å²) in [4.78, 5) is 21.2. The molecule has 0 radical (unpaired) electrons. The summed E-state index contributed by atoms with van der Waals surface area (Å²) in [7, 11) is 0. The lowest BCUT2D eigenvalue weighted by molar-refractivity contribution is -0.386. The molecule has 5 nitrogen and oxygen atoms in total. The molecule has 1 aromatic carbocycles. The molecule has 0 saturated heterocycles. The lowest BCUT2D eigenvalue weighted by Gasteiger charge is -2.28. The molecule has 0 heterocycles. The van der Waals surface area contributed by atoms with Gasteiger partial charge in [-0.1, -0.05) is 13.3 Å². The van der Waals surface area contributed by atoms with E-state index >= 15 is 0 Å². The number of carbonyl (C=O) groups excluding carboxylic acids is 1. The van der Waals surface area contributed by atoms with Gasteiger partial charge in [-0.2, -0.15) is 0 Å². The highest BCUT2D eigenvalue weighted by Gasteiger charge is 2.24. The first-order chi connectivity index (χ1) is 9.63. The number of aldehydes is 1. The van der Waals surface area contributed by atoms with E-state index in [-0.39, 0.29) is 17.5 Å². The largest absolute Gasteiger partial charge is 0.484 e. The molecule has 0 amide bonds. The van der Waals surface area contributed by atoms with Crippen LogP contribution in [-0.2, 0) is 0 Å². The molecule has 20 heavy (non-hydrogen) atoms. The van der Waals surface area contributed by atoms with E-state index in [1.54, 1.807) is 6.07 Å². The minimum atomic E-state index is -0.500. The van der Waals surface area contributed by atoms with E-state index in [1.807, 2.05) is 0 Å². The Morgan fingerprint density at radius 3 is 2.60 bits per heavy atom. The van der Waals surface area contributed by atoms with Crippen molar-refractivity contribution in [2.45, 2.75) is 45.1 Å². The van der Waals surface area contributed by atoms with Gasteiger partial charge in [0.2, 0.25) is 0 Å². The molecule has 1 fully saturated rings. The summed E-state index contributed by atoms with van der Waals surface area (Å²) in [5.41, 5.74) is 0.158. The van der Waals surface area contributed by atoms with Gasteiger partial charge in [0.05, 0.1) is 11.0 Å². The number of ether oxygens (including phenoxy) is 1. The van der Waals surface area contributed by atoms with E-state index in [4.69, 9.17) is 4.74 Å². The van der Waals surface area contributed by atoms with Crippen molar-refractivity contribution in [1.82, 2.24) is 0 Å². The molecule has 0 aromatic heterocycles. The minimum absolute atomic E-state index is 0.0404. The van der Waals surface area contributed by atoms with E-state index in [1.165, 1.54) is 18.6 Å². The van der Waals surface area contributed by atoms with Gasteiger partial charge in [0.25, 0.3) is 0 Å². The van der Waals surface area contributed by atoms with E-state index in [2.05, 4.69) is 6.92 Å². The normalized spacial score (nSPS) is 22.2. The molecule has 0 atom stereocenters. The summed E-state index contributed by atoms with van der Waals surface area (Å²) in [6.07, 6.45) is 5.92. The van der Waals surface area contributed by atoms with E-state index in [9.17, 15) is 14.9 Å². The van der Waals surface area contributed by atoms with Gasteiger partial charge in [-0.3, -0.25) is 14.9 Å². The highest BCUT2D eigenvalue weighted by molar-refractivity contribution is 5.77. The molecule has 5 heteroatoms. The standard InChI is InChI=1S/C15H19NO4/c1-2-11-3-6-13(7-4-11)20-15-8-5-12(10-17)9-14(15)16(18)19/h5,8-11,13H,2-4,6-7H2,1H3. The second-order valence-electron chi connectivity index (χ2n) is 5.27. The molecule has 108 valence electrons. The molecule has 1 aliphatic carbocycles. The topological polar surface area (TPSA) is 69.4 Å². The van der Waals surface area contributed by atoms with Crippen molar-refractivity contribution in [1.29, 1.82) is 0 Å². The number of hydrogen-bond acceptors (Lipinski definition) is 4. The maximum Gasteiger partial charge on any atom is 0.311 e. The molecular weight excluding hydrogens is 258 g/mol. The van der Waals surface area contributed by atoms with Crippen molar-refractivity contribution in [2.75, 3.05) is 0 Å². The minimum Gasteiger partial charge on any atom is -0.484 e. The van der Waals surface area contributed by atoms with Crippen LogP contribution in [0.25, 0.3) is 0 Å². The molecule has 0 unspecified atom stereocenters. The Morgan fingerprint density at radius 1 is 1.35 bits per heavy atom. The number of carbonyl (C=O) groups is 1. The van der Waals surface area contributed by atoms with Crippen molar-refractivity contribution >= 4 is 12.0 Å². The average molecular weight is 277 g/mol. The zero-order valence-corrected chi connectivity index (χ0v) is 11.6. The van der Waals surface area contributed by atoms with Crippen LogP contribution in [0.2, 0.25) is 0 Å². The summed E-state index contributed by atoms with van der Waals surface area (Å²) in [6.45, 7) is 2.19. The SMILES string of the molecule is CCC1CCC(Oc2ccc(C=O)cc2[N+](=O)[O-])CC1. The molecule has 1 aromatic rings. The first-order valence-corrected chi connectivity index (χ1v) is 7.04. The highest BCUT2D eigenvalue weighted by Crippen LogP contribution is 2.33. The third-order valence-corrected chi connectivity index (χ3v) is 3.98. The van der Waals surface area contributed by atoms with Crippen LogP contribution < -0.4 is 4.74 Å². The van der Waals surface area contributed by atoms with Crippen LogP contribution in [-0.4, -0.2) is 17.3 Å². The molecule has 0 N–H and O–H groups in total. The van der Waals surface area contributed by atoms with Gasteiger partial charge in [-0.15, -0.1) is 0 Å². The monoisotopic (exact) mass is 277 g/mol. The molecule has 0 aliphatic heterocycles. The Balaban J connectivity index is 2.09. The van der Waals surface area contributed by atoms with Crippen LogP contribution in [0.3, 0.4) is 0 Å². The quantitative estimate of drug-likeness (QED) is 0.467. The van der Waals surface area contributed by atoms with Crippen molar-refractivity contribution < 1.29 is 14.5 Å². The van der Waals surface area contributed by atoms with E-state index < -0.39 is 4.92 Å². The second-order valence-corrected chi connectivity index (χ2v) is 5.27. The summed E-state index contributed by atoms with van der Waals surface area (Å²) < 4.78 is 5.78. The third-order valence-electron chi connectivity index (χ3n) is 3.98. The van der Waals surface area contributed by atoms with Crippen molar-refractivity contribution in [3.05, 3.63) is 33.9 Å². The summed E-state index contributed by atoms with van der Waals surface area (Å²) in [5, 5.41) is 11.0. The van der Waals surface area contributed by atoms with E-state index in [0.29, 0.717) is 11.8 Å². The van der Waals surface area contributed by atoms with Crippen LogP contribution in [0.4, 0.5) is 5.69 Å². The molecule has 1 saturated carbocycles. The predicted octanol–water partition coefficient (Wildman–Crippen LogP) is 3.75. The number of nitrogens with zero attached hydrogens (tertiary/aromatic N) is 1. The van der Waals surface area contributed by atoms with Gasteiger partial charge in [0.1, 0.15) is 6.29 Å². The molecule has 1 aliphatic rings. The molecule has 0 bridgehead atoms. The van der Waals surface area contributed by atoms with Gasteiger partial charge in [0, 0.05) is 11.6 Å². The lowest BCUT2D eigenvalue weighted by atomic mass is 9.86. The number of nitro benzene ring substituents is 1. The van der Waals surface area contributed by atoms with Crippen LogP contribution in [0.15, 0.2) is 18.2 Å². The Hall–Kier alpha value is -1.91. The Labute approximate surface area is 118 Å². The van der Waals surface area contributed by atoms with Gasteiger partial charge in [-0.25, -0.2) is 0 Å². The Kier molecular flexibility index (Phi) is 4.71. The molecular formula is C15H19NO4. The summed E-state index contributed by atoms with van der Waals surface area (Å²) in [5.74, 6) is 1.02. The fraction of sp³-hybridized carbons (Fsp3) is 0.533. The van der Waals surface area contributed by atoms with Crippen molar-refractivity contribution in [2.24, 2.45) is 5.92 Å². The third kappa shape index (κ3) is 3.35. The van der Waals surface area contributed by atoms with Crippen molar-refractivity contribution in [3.63, 3.8) is 0 Å². The summed E-state index contributed by atoms with van der Waals surface area (Å²) >= 11 is 0. The maximum absolute atomic E-state index is 11.0. The fourth-order valence-corrected chi connectivity index (χ4v) is 2.69. The maximum atomic E-state index is 11.0. The summed E-state index contributed by atoms with van der Waals surface area (Å²) in [6, 6.07) is 4.33. The van der Waals surface area contributed by atoms with Crippen LogP contribution in [0.1, 0.15) is 49.4 Å². The lowest BCUT2D eigenvalue weighted by Crippen LogP contribution is -2.24. The first kappa shape index (κ1) is 14.5. The Bertz CT molecular complexity index is 493. The number of hydrogen-bond donors (Lipinski definition) is 0. The number of nitro groups is 1. The van der Waals surface area contributed by atoms with Crippen LogP contribution in [0.5, 0.6) is 5.75 Å². The van der Waals surface area contributed by atoms with Crippen molar-refractivity contribution in [3.8, 4) is 5.75 Å². The fourth-order valence-electron chi connectivity index (χ4n) is 2.69. The van der Waals surface area contributed by atoms with Crippen LogP contribution >= 0.6 is 0 Å². The average Bonchev–Trinajstić information content (AvgIpc) is 2.48. The Morgan fingerprint density at radius 2 is 2.05 bits per heavy atom. The molecule has 0 spiro atoms. The number of rotatable bonds is 5. The zero-order chi connectivity index (χ0) is 14.5. The van der Waals surface area contributed by atoms with Crippen LogP contribution in [0, 0.1) is 16.0 Å². The van der Waals surface area contributed by atoms with Gasteiger partial charge in [0.15, 0.2) is 5.75 Å². The predicted molar refractivity (Wildman–Crippen MR) is 75.1 cm³/mol. The second kappa shape index (κ2) is 6.50. The van der Waals surface area contributed by atoms with E-state index in [0.717, 1.165) is 31.6 Å². The number of benzene rings is 1. The molecule has 2 rings (SSSR count). The van der Waals surface area contributed by atoms with Gasteiger partial charge >= 0.3 is 5.69 Å².